The number of hydrogen-bond acceptors (Lipinski definition) is 2. The monoisotopic (exact) mass is 274 g/mol. The van der Waals surface area contributed by atoms with Crippen molar-refractivity contribution in [2.24, 2.45) is 0 Å². The summed E-state index contributed by atoms with van der Waals surface area (Å²) in [6.07, 6.45) is 2.44. The molecule has 1 N–H and O–H groups in total. The summed E-state index contributed by atoms with van der Waals surface area (Å²) in [4.78, 5) is 2.70. The molecule has 102 valence electrons. The average molecular weight is 274 g/mol. The van der Waals surface area contributed by atoms with E-state index in [0.29, 0.717) is 5.92 Å². The van der Waals surface area contributed by atoms with Gasteiger partial charge in [0.15, 0.2) is 0 Å². The number of thiophene rings is 1. The topological polar surface area (TPSA) is 20.2 Å². The molecule has 2 aromatic rings. The molecule has 1 nitrogen and oxygen atoms in total. The zero-order valence-electron chi connectivity index (χ0n) is 11.7. The van der Waals surface area contributed by atoms with Crippen molar-refractivity contribution < 1.29 is 5.11 Å². The maximum absolute atomic E-state index is 10.2. The van der Waals surface area contributed by atoms with Crippen LogP contribution in [0, 0.1) is 0 Å². The van der Waals surface area contributed by atoms with Gasteiger partial charge in [0.05, 0.1) is 6.10 Å². The van der Waals surface area contributed by atoms with Crippen molar-refractivity contribution in [1.29, 1.82) is 0 Å². The molecular formula is C17H22OS. The summed E-state index contributed by atoms with van der Waals surface area (Å²) in [5.41, 5.74) is 1.31. The van der Waals surface area contributed by atoms with Gasteiger partial charge in [0.2, 0.25) is 0 Å². The van der Waals surface area contributed by atoms with E-state index in [2.05, 4.69) is 50.2 Å². The van der Waals surface area contributed by atoms with Crippen molar-refractivity contribution in [2.45, 2.75) is 45.1 Å². The number of aliphatic hydroxyl groups is 1. The third-order valence-electron chi connectivity index (χ3n) is 3.50. The van der Waals surface area contributed by atoms with Crippen molar-refractivity contribution in [3.63, 3.8) is 0 Å². The molecule has 2 rings (SSSR count). The molecule has 2 atom stereocenters. The van der Waals surface area contributed by atoms with E-state index >= 15 is 0 Å². The minimum absolute atomic E-state index is 0.251. The number of rotatable bonds is 6. The summed E-state index contributed by atoms with van der Waals surface area (Å²) < 4.78 is 0. The van der Waals surface area contributed by atoms with Gasteiger partial charge in [0, 0.05) is 16.2 Å². The Labute approximate surface area is 119 Å². The highest BCUT2D eigenvalue weighted by molar-refractivity contribution is 7.11. The van der Waals surface area contributed by atoms with Crippen molar-refractivity contribution in [3.05, 3.63) is 57.8 Å². The highest BCUT2D eigenvalue weighted by Crippen LogP contribution is 2.24. The van der Waals surface area contributed by atoms with Crippen LogP contribution < -0.4 is 0 Å². The Morgan fingerprint density at radius 1 is 1.05 bits per heavy atom. The van der Waals surface area contributed by atoms with E-state index < -0.39 is 0 Å². The van der Waals surface area contributed by atoms with Crippen molar-refractivity contribution in [2.75, 3.05) is 0 Å². The zero-order valence-corrected chi connectivity index (χ0v) is 12.5. The van der Waals surface area contributed by atoms with Crippen LogP contribution in [-0.2, 0) is 12.8 Å². The first-order chi connectivity index (χ1) is 9.19. The fourth-order valence-electron chi connectivity index (χ4n) is 2.36. The maximum atomic E-state index is 10.2. The molecule has 0 saturated carbocycles. The second-order valence-electron chi connectivity index (χ2n) is 5.13. The SMILES string of the molecule is CCc1ccc(CC(O)CC(C)c2ccccc2)s1. The predicted molar refractivity (Wildman–Crippen MR) is 82.9 cm³/mol. The Bertz CT molecular complexity index is 489. The quantitative estimate of drug-likeness (QED) is 0.827. The van der Waals surface area contributed by atoms with E-state index in [0.717, 1.165) is 19.3 Å². The van der Waals surface area contributed by atoms with Gasteiger partial charge in [-0.2, -0.15) is 0 Å². The van der Waals surface area contributed by atoms with Gasteiger partial charge in [-0.1, -0.05) is 44.2 Å². The van der Waals surface area contributed by atoms with Crippen molar-refractivity contribution >= 4 is 11.3 Å². The molecule has 2 unspecified atom stereocenters. The first-order valence-electron chi connectivity index (χ1n) is 6.99. The molecular weight excluding hydrogens is 252 g/mol. The van der Waals surface area contributed by atoms with Gasteiger partial charge in [0.25, 0.3) is 0 Å². The molecule has 19 heavy (non-hydrogen) atoms. The van der Waals surface area contributed by atoms with Crippen LogP contribution in [0.4, 0.5) is 0 Å². The molecule has 0 saturated heterocycles. The molecule has 0 bridgehead atoms. The fourth-order valence-corrected chi connectivity index (χ4v) is 3.39. The molecule has 0 aliphatic rings. The lowest BCUT2D eigenvalue weighted by atomic mass is 9.94. The first-order valence-corrected chi connectivity index (χ1v) is 7.81. The molecule has 1 heterocycles. The van der Waals surface area contributed by atoms with E-state index in [1.165, 1.54) is 15.3 Å². The molecule has 0 radical (unpaired) electrons. The second kappa shape index (κ2) is 6.88. The Hall–Kier alpha value is -1.12. The zero-order chi connectivity index (χ0) is 13.7. The summed E-state index contributed by atoms with van der Waals surface area (Å²) in [5.74, 6) is 0.404. The van der Waals surface area contributed by atoms with Gasteiger partial charge in [0.1, 0.15) is 0 Å². The summed E-state index contributed by atoms with van der Waals surface area (Å²) in [6.45, 7) is 4.36. The molecule has 0 aliphatic heterocycles. The normalized spacial score (nSPS) is 14.3. The highest BCUT2D eigenvalue weighted by atomic mass is 32.1. The molecule has 0 fully saturated rings. The van der Waals surface area contributed by atoms with Gasteiger partial charge in [-0.25, -0.2) is 0 Å². The molecule has 0 aliphatic carbocycles. The van der Waals surface area contributed by atoms with E-state index in [1.807, 2.05) is 17.4 Å². The first kappa shape index (κ1) is 14.3. The van der Waals surface area contributed by atoms with Crippen LogP contribution in [0.15, 0.2) is 42.5 Å². The van der Waals surface area contributed by atoms with Crippen molar-refractivity contribution in [3.8, 4) is 0 Å². The van der Waals surface area contributed by atoms with E-state index in [4.69, 9.17) is 0 Å². The minimum Gasteiger partial charge on any atom is -0.393 e. The van der Waals surface area contributed by atoms with Crippen LogP contribution >= 0.6 is 11.3 Å². The van der Waals surface area contributed by atoms with Crippen LogP contribution in [0.2, 0.25) is 0 Å². The van der Waals surface area contributed by atoms with E-state index in [-0.39, 0.29) is 6.10 Å². The fraction of sp³-hybridized carbons (Fsp3) is 0.412. The smallest absolute Gasteiger partial charge is 0.0594 e. The second-order valence-corrected chi connectivity index (χ2v) is 6.38. The predicted octanol–water partition coefficient (Wildman–Crippen LogP) is 4.41. The Morgan fingerprint density at radius 3 is 2.37 bits per heavy atom. The lowest BCUT2D eigenvalue weighted by Gasteiger charge is -2.16. The molecule has 0 amide bonds. The third-order valence-corrected chi connectivity index (χ3v) is 4.75. The number of aliphatic hydroxyl groups excluding tert-OH is 1. The average Bonchev–Trinajstić information content (AvgIpc) is 2.87. The Balaban J connectivity index is 1.88. The lowest BCUT2D eigenvalue weighted by molar-refractivity contribution is 0.158. The van der Waals surface area contributed by atoms with Gasteiger partial charge >= 0.3 is 0 Å². The summed E-state index contributed by atoms with van der Waals surface area (Å²) in [5, 5.41) is 10.2. The third kappa shape index (κ3) is 4.19. The van der Waals surface area contributed by atoms with Gasteiger partial charge < -0.3 is 5.11 Å². The summed E-state index contributed by atoms with van der Waals surface area (Å²) in [6, 6.07) is 14.8. The summed E-state index contributed by atoms with van der Waals surface area (Å²) >= 11 is 1.82. The van der Waals surface area contributed by atoms with Gasteiger partial charge in [-0.3, -0.25) is 0 Å². The van der Waals surface area contributed by atoms with Crippen LogP contribution in [-0.4, -0.2) is 11.2 Å². The maximum Gasteiger partial charge on any atom is 0.0594 e. The molecule has 1 aromatic carbocycles. The standard InChI is InChI=1S/C17H22OS/c1-3-16-9-10-17(19-16)12-15(18)11-13(2)14-7-5-4-6-8-14/h4-10,13,15,18H,3,11-12H2,1-2H3. The molecule has 0 spiro atoms. The largest absolute Gasteiger partial charge is 0.393 e. The van der Waals surface area contributed by atoms with Gasteiger partial charge in [-0.05, 0) is 36.5 Å². The minimum atomic E-state index is -0.251. The highest BCUT2D eigenvalue weighted by Gasteiger charge is 2.13. The van der Waals surface area contributed by atoms with E-state index in [9.17, 15) is 5.11 Å². The van der Waals surface area contributed by atoms with Crippen LogP contribution in [0.1, 0.15) is 41.5 Å². The molecule has 1 aromatic heterocycles. The Kier molecular flexibility index (Phi) is 5.17. The van der Waals surface area contributed by atoms with Crippen LogP contribution in [0.5, 0.6) is 0 Å². The number of benzene rings is 1. The lowest BCUT2D eigenvalue weighted by Crippen LogP contribution is -2.13. The van der Waals surface area contributed by atoms with Gasteiger partial charge in [-0.15, -0.1) is 11.3 Å². The molecule has 2 heteroatoms. The van der Waals surface area contributed by atoms with E-state index in [1.54, 1.807) is 0 Å². The van der Waals surface area contributed by atoms with Crippen LogP contribution in [0.25, 0.3) is 0 Å². The van der Waals surface area contributed by atoms with Crippen molar-refractivity contribution in [1.82, 2.24) is 0 Å². The Morgan fingerprint density at radius 2 is 1.74 bits per heavy atom. The number of hydrogen-bond donors (Lipinski definition) is 1. The van der Waals surface area contributed by atoms with Crippen LogP contribution in [0.3, 0.4) is 0 Å². The summed E-state index contributed by atoms with van der Waals surface area (Å²) in [7, 11) is 0. The number of aryl methyl sites for hydroxylation is 1.